The van der Waals surface area contributed by atoms with Gasteiger partial charge in [-0.3, -0.25) is 0 Å². The average Bonchev–Trinajstić information content (AvgIpc) is 2.61. The van der Waals surface area contributed by atoms with Gasteiger partial charge in [0.15, 0.2) is 19.7 Å². The van der Waals surface area contributed by atoms with Crippen LogP contribution in [0.25, 0.3) is 22.3 Å². The SMILES string of the molecule is CS(=O)(=O)c1ccc(-c2cnc(N)c(-c3ccc(S(C)(=O)=O)cc3)c2)cc1. The maximum Gasteiger partial charge on any atom is 0.175 e. The third-order valence-corrected chi connectivity index (χ3v) is 6.38. The first kappa shape index (κ1) is 19.1. The summed E-state index contributed by atoms with van der Waals surface area (Å²) in [4.78, 5) is 4.68. The van der Waals surface area contributed by atoms with Crippen molar-refractivity contribution in [2.45, 2.75) is 9.79 Å². The molecule has 0 unspecified atom stereocenters. The van der Waals surface area contributed by atoms with Gasteiger partial charge in [-0.05, 0) is 41.5 Å². The van der Waals surface area contributed by atoms with Crippen molar-refractivity contribution in [2.24, 2.45) is 0 Å². The number of nitrogens with two attached hydrogens (primary N) is 1. The van der Waals surface area contributed by atoms with E-state index in [1.807, 2.05) is 6.07 Å². The van der Waals surface area contributed by atoms with E-state index in [0.29, 0.717) is 11.4 Å². The summed E-state index contributed by atoms with van der Waals surface area (Å²) < 4.78 is 46.4. The Hall–Kier alpha value is -2.71. The number of pyridine rings is 1. The van der Waals surface area contributed by atoms with Crippen molar-refractivity contribution in [2.75, 3.05) is 18.2 Å². The normalized spacial score (nSPS) is 12.1. The number of hydrogen-bond acceptors (Lipinski definition) is 6. The van der Waals surface area contributed by atoms with Crippen LogP contribution in [0.1, 0.15) is 0 Å². The fraction of sp³-hybridized carbons (Fsp3) is 0.105. The van der Waals surface area contributed by atoms with Crippen LogP contribution in [0.2, 0.25) is 0 Å². The van der Waals surface area contributed by atoms with E-state index in [0.717, 1.165) is 29.2 Å². The highest BCUT2D eigenvalue weighted by molar-refractivity contribution is 7.91. The van der Waals surface area contributed by atoms with E-state index >= 15 is 0 Å². The molecule has 0 fully saturated rings. The van der Waals surface area contributed by atoms with E-state index < -0.39 is 19.7 Å². The highest BCUT2D eigenvalue weighted by Crippen LogP contribution is 2.30. The molecule has 1 heterocycles. The summed E-state index contributed by atoms with van der Waals surface area (Å²) in [5.41, 5.74) is 8.97. The minimum absolute atomic E-state index is 0.227. The van der Waals surface area contributed by atoms with Crippen LogP contribution in [0, 0.1) is 0 Å². The Labute approximate surface area is 158 Å². The molecule has 0 bridgehead atoms. The Kier molecular flexibility index (Phi) is 4.79. The van der Waals surface area contributed by atoms with Gasteiger partial charge in [0.05, 0.1) is 9.79 Å². The number of nitrogen functional groups attached to an aromatic ring is 1. The summed E-state index contributed by atoms with van der Waals surface area (Å²) in [5.74, 6) is 0.318. The Bertz CT molecular complexity index is 1200. The molecule has 0 aliphatic rings. The van der Waals surface area contributed by atoms with Crippen LogP contribution in [-0.2, 0) is 19.7 Å². The van der Waals surface area contributed by atoms with E-state index in [2.05, 4.69) is 4.98 Å². The number of sulfone groups is 2. The van der Waals surface area contributed by atoms with Gasteiger partial charge in [-0.1, -0.05) is 24.3 Å². The van der Waals surface area contributed by atoms with Crippen LogP contribution in [0.15, 0.2) is 70.6 Å². The zero-order valence-corrected chi connectivity index (χ0v) is 16.4. The van der Waals surface area contributed by atoms with Crippen LogP contribution in [0.5, 0.6) is 0 Å². The minimum Gasteiger partial charge on any atom is -0.383 e. The molecule has 6 nitrogen and oxygen atoms in total. The molecule has 0 amide bonds. The van der Waals surface area contributed by atoms with E-state index in [4.69, 9.17) is 5.73 Å². The van der Waals surface area contributed by atoms with Gasteiger partial charge in [0.1, 0.15) is 5.82 Å². The molecule has 8 heteroatoms. The van der Waals surface area contributed by atoms with Crippen LogP contribution in [-0.4, -0.2) is 34.3 Å². The second-order valence-corrected chi connectivity index (χ2v) is 10.3. The highest BCUT2D eigenvalue weighted by atomic mass is 32.2. The van der Waals surface area contributed by atoms with E-state index in [9.17, 15) is 16.8 Å². The molecule has 3 rings (SSSR count). The van der Waals surface area contributed by atoms with Crippen molar-refractivity contribution >= 4 is 25.5 Å². The number of rotatable bonds is 4. The zero-order valence-electron chi connectivity index (χ0n) is 14.7. The Morgan fingerprint density at radius 3 is 1.59 bits per heavy atom. The molecule has 0 atom stereocenters. The smallest absolute Gasteiger partial charge is 0.175 e. The van der Waals surface area contributed by atoms with Gasteiger partial charge in [0.2, 0.25) is 0 Å². The quantitative estimate of drug-likeness (QED) is 0.719. The molecule has 140 valence electrons. The zero-order chi connectivity index (χ0) is 19.8. The molecular formula is C19H18N2O4S2. The molecule has 1 aromatic heterocycles. The lowest BCUT2D eigenvalue weighted by molar-refractivity contribution is 0.600. The summed E-state index contributed by atoms with van der Waals surface area (Å²) >= 11 is 0. The van der Waals surface area contributed by atoms with E-state index in [1.165, 1.54) is 12.1 Å². The Balaban J connectivity index is 2.02. The number of benzene rings is 2. The lowest BCUT2D eigenvalue weighted by atomic mass is 10.0. The number of hydrogen-bond donors (Lipinski definition) is 1. The van der Waals surface area contributed by atoms with E-state index in [-0.39, 0.29) is 9.79 Å². The lowest BCUT2D eigenvalue weighted by Gasteiger charge is -2.10. The molecule has 27 heavy (non-hydrogen) atoms. The van der Waals surface area contributed by atoms with E-state index in [1.54, 1.807) is 42.6 Å². The summed E-state index contributed by atoms with van der Waals surface area (Å²) in [5, 5.41) is 0. The fourth-order valence-electron chi connectivity index (χ4n) is 2.64. The van der Waals surface area contributed by atoms with Crippen LogP contribution < -0.4 is 5.73 Å². The predicted molar refractivity (Wildman–Crippen MR) is 106 cm³/mol. The predicted octanol–water partition coefficient (Wildman–Crippen LogP) is 2.80. The molecule has 0 saturated heterocycles. The standard InChI is InChI=1S/C19H18N2O4S2/c1-26(22,23)16-7-3-13(4-8-16)15-11-18(19(20)21-12-15)14-5-9-17(10-6-14)27(2,24)25/h3-12H,1-2H3,(H2,20,21). The molecule has 2 N–H and O–H groups in total. The summed E-state index contributed by atoms with van der Waals surface area (Å²) in [7, 11) is -6.54. The van der Waals surface area contributed by atoms with Gasteiger partial charge >= 0.3 is 0 Å². The summed E-state index contributed by atoms with van der Waals surface area (Å²) in [6.45, 7) is 0. The largest absolute Gasteiger partial charge is 0.383 e. The van der Waals surface area contributed by atoms with Crippen LogP contribution in [0.3, 0.4) is 0 Å². The highest BCUT2D eigenvalue weighted by Gasteiger charge is 2.11. The molecule has 0 aliphatic carbocycles. The molecule has 0 radical (unpaired) electrons. The van der Waals surface area contributed by atoms with Crippen molar-refractivity contribution in [3.8, 4) is 22.3 Å². The Morgan fingerprint density at radius 2 is 1.15 bits per heavy atom. The van der Waals surface area contributed by atoms with Gasteiger partial charge in [0.25, 0.3) is 0 Å². The number of nitrogens with zero attached hydrogens (tertiary/aromatic N) is 1. The van der Waals surface area contributed by atoms with Crippen LogP contribution >= 0.6 is 0 Å². The third kappa shape index (κ3) is 4.17. The van der Waals surface area contributed by atoms with Crippen molar-refractivity contribution in [1.82, 2.24) is 4.98 Å². The summed E-state index contributed by atoms with van der Waals surface area (Å²) in [6.07, 6.45) is 3.92. The molecule has 0 saturated carbocycles. The van der Waals surface area contributed by atoms with Crippen molar-refractivity contribution in [3.05, 3.63) is 60.8 Å². The van der Waals surface area contributed by atoms with Crippen molar-refractivity contribution in [1.29, 1.82) is 0 Å². The topological polar surface area (TPSA) is 107 Å². The van der Waals surface area contributed by atoms with Crippen LogP contribution in [0.4, 0.5) is 5.82 Å². The molecule has 0 aliphatic heterocycles. The number of anilines is 1. The lowest BCUT2D eigenvalue weighted by Crippen LogP contribution is -1.98. The molecular weight excluding hydrogens is 384 g/mol. The third-order valence-electron chi connectivity index (χ3n) is 4.13. The molecule has 0 spiro atoms. The second-order valence-electron chi connectivity index (χ2n) is 6.25. The first-order chi connectivity index (χ1) is 12.6. The number of aromatic nitrogens is 1. The first-order valence-corrected chi connectivity index (χ1v) is 11.7. The van der Waals surface area contributed by atoms with Crippen molar-refractivity contribution < 1.29 is 16.8 Å². The van der Waals surface area contributed by atoms with Gasteiger partial charge in [-0.25, -0.2) is 21.8 Å². The maximum atomic E-state index is 11.6. The Morgan fingerprint density at radius 1 is 0.704 bits per heavy atom. The summed E-state index contributed by atoms with van der Waals surface area (Å²) in [6, 6.07) is 14.8. The maximum absolute atomic E-state index is 11.6. The first-order valence-electron chi connectivity index (χ1n) is 7.92. The van der Waals surface area contributed by atoms with Gasteiger partial charge in [-0.15, -0.1) is 0 Å². The van der Waals surface area contributed by atoms with Gasteiger partial charge < -0.3 is 5.73 Å². The fourth-order valence-corrected chi connectivity index (χ4v) is 3.90. The molecule has 3 aromatic rings. The average molecular weight is 402 g/mol. The van der Waals surface area contributed by atoms with Gasteiger partial charge in [-0.2, -0.15) is 0 Å². The second kappa shape index (κ2) is 6.79. The minimum atomic E-state index is -3.28. The van der Waals surface area contributed by atoms with Gasteiger partial charge in [0, 0.05) is 29.8 Å². The van der Waals surface area contributed by atoms with Crippen molar-refractivity contribution in [3.63, 3.8) is 0 Å². The molecule has 2 aromatic carbocycles. The monoisotopic (exact) mass is 402 g/mol.